The fourth-order valence-electron chi connectivity index (χ4n) is 2.62. The average molecular weight is 339 g/mol. The SMILES string of the molecule is COc1ccc(NC(=O)c2ccc(OCCF)c3ccccc23)cc1. The summed E-state index contributed by atoms with van der Waals surface area (Å²) in [6.07, 6.45) is 0. The lowest BCUT2D eigenvalue weighted by atomic mass is 10.0. The fourth-order valence-corrected chi connectivity index (χ4v) is 2.62. The van der Waals surface area contributed by atoms with E-state index in [-0.39, 0.29) is 12.5 Å². The lowest BCUT2D eigenvalue weighted by Gasteiger charge is -2.12. The number of halogens is 1. The van der Waals surface area contributed by atoms with Crippen LogP contribution in [0.5, 0.6) is 11.5 Å². The number of carbonyl (C=O) groups excluding carboxylic acids is 1. The van der Waals surface area contributed by atoms with Crippen LogP contribution in [0.1, 0.15) is 10.4 Å². The van der Waals surface area contributed by atoms with Crippen molar-refractivity contribution in [2.45, 2.75) is 0 Å². The quantitative estimate of drug-likeness (QED) is 0.722. The van der Waals surface area contributed by atoms with Crippen molar-refractivity contribution < 1.29 is 18.7 Å². The highest BCUT2D eigenvalue weighted by Crippen LogP contribution is 2.29. The minimum Gasteiger partial charge on any atom is -0.497 e. The van der Waals surface area contributed by atoms with Gasteiger partial charge in [-0.1, -0.05) is 24.3 Å². The first kappa shape index (κ1) is 16.8. The van der Waals surface area contributed by atoms with E-state index in [4.69, 9.17) is 9.47 Å². The number of ether oxygens (including phenoxy) is 2. The van der Waals surface area contributed by atoms with Gasteiger partial charge in [0.15, 0.2) is 0 Å². The number of anilines is 1. The zero-order valence-corrected chi connectivity index (χ0v) is 13.8. The van der Waals surface area contributed by atoms with Gasteiger partial charge in [0, 0.05) is 16.6 Å². The first-order valence-electron chi connectivity index (χ1n) is 7.89. The van der Waals surface area contributed by atoms with E-state index in [2.05, 4.69) is 5.32 Å². The van der Waals surface area contributed by atoms with Crippen LogP contribution in [0.3, 0.4) is 0 Å². The minimum absolute atomic E-state index is 0.0125. The zero-order valence-electron chi connectivity index (χ0n) is 13.8. The summed E-state index contributed by atoms with van der Waals surface area (Å²) in [7, 11) is 1.59. The number of methoxy groups -OCH3 is 1. The molecule has 3 aromatic rings. The molecule has 0 bridgehead atoms. The molecule has 0 aliphatic rings. The molecule has 0 aromatic heterocycles. The van der Waals surface area contributed by atoms with Crippen LogP contribution in [-0.4, -0.2) is 26.3 Å². The second-order valence-electron chi connectivity index (χ2n) is 5.38. The van der Waals surface area contributed by atoms with Gasteiger partial charge in [-0.25, -0.2) is 4.39 Å². The summed E-state index contributed by atoms with van der Waals surface area (Å²) in [6.45, 7) is -0.574. The van der Waals surface area contributed by atoms with Crippen molar-refractivity contribution in [2.24, 2.45) is 0 Å². The molecule has 0 atom stereocenters. The van der Waals surface area contributed by atoms with Gasteiger partial charge in [0.1, 0.15) is 24.8 Å². The summed E-state index contributed by atoms with van der Waals surface area (Å²) in [4.78, 5) is 12.7. The van der Waals surface area contributed by atoms with Crippen molar-refractivity contribution in [1.29, 1.82) is 0 Å². The van der Waals surface area contributed by atoms with Crippen LogP contribution in [0, 0.1) is 0 Å². The Kier molecular flexibility index (Phi) is 5.14. The topological polar surface area (TPSA) is 47.6 Å². The average Bonchev–Trinajstić information content (AvgIpc) is 2.66. The van der Waals surface area contributed by atoms with E-state index in [1.807, 2.05) is 24.3 Å². The molecule has 0 aliphatic heterocycles. The van der Waals surface area contributed by atoms with Crippen molar-refractivity contribution in [3.63, 3.8) is 0 Å². The number of amides is 1. The lowest BCUT2D eigenvalue weighted by molar-refractivity contribution is 0.102. The lowest BCUT2D eigenvalue weighted by Crippen LogP contribution is -2.12. The predicted octanol–water partition coefficient (Wildman–Crippen LogP) is 4.45. The molecule has 128 valence electrons. The predicted molar refractivity (Wildman–Crippen MR) is 96.4 cm³/mol. The summed E-state index contributed by atoms with van der Waals surface area (Å²) < 4.78 is 22.9. The maximum Gasteiger partial charge on any atom is 0.256 e. The van der Waals surface area contributed by atoms with Gasteiger partial charge in [-0.2, -0.15) is 0 Å². The summed E-state index contributed by atoms with van der Waals surface area (Å²) in [6, 6.07) is 17.9. The molecule has 0 radical (unpaired) electrons. The van der Waals surface area contributed by atoms with Crippen molar-refractivity contribution >= 4 is 22.4 Å². The number of nitrogens with one attached hydrogen (secondary N) is 1. The van der Waals surface area contributed by atoms with Gasteiger partial charge >= 0.3 is 0 Å². The summed E-state index contributed by atoms with van der Waals surface area (Å²) >= 11 is 0. The Labute approximate surface area is 145 Å². The van der Waals surface area contributed by atoms with Gasteiger partial charge in [0.05, 0.1) is 7.11 Å². The summed E-state index contributed by atoms with van der Waals surface area (Å²) in [5.41, 5.74) is 1.20. The molecule has 3 rings (SSSR count). The molecule has 1 amide bonds. The number of hydrogen-bond donors (Lipinski definition) is 1. The van der Waals surface area contributed by atoms with Crippen LogP contribution >= 0.6 is 0 Å². The Hall–Kier alpha value is -3.08. The van der Waals surface area contributed by atoms with Gasteiger partial charge in [-0.05, 0) is 41.8 Å². The van der Waals surface area contributed by atoms with Gasteiger partial charge in [-0.15, -0.1) is 0 Å². The van der Waals surface area contributed by atoms with Gasteiger partial charge in [0.25, 0.3) is 5.91 Å². The molecule has 5 heteroatoms. The van der Waals surface area contributed by atoms with Crippen molar-refractivity contribution in [3.05, 3.63) is 66.2 Å². The first-order valence-corrected chi connectivity index (χ1v) is 7.89. The Morgan fingerprint density at radius 3 is 2.40 bits per heavy atom. The Balaban J connectivity index is 1.90. The Bertz CT molecular complexity index is 878. The highest BCUT2D eigenvalue weighted by atomic mass is 19.1. The normalized spacial score (nSPS) is 10.5. The van der Waals surface area contributed by atoms with Crippen molar-refractivity contribution in [2.75, 3.05) is 25.7 Å². The molecule has 0 saturated heterocycles. The van der Waals surface area contributed by atoms with Crippen molar-refractivity contribution in [1.82, 2.24) is 0 Å². The van der Waals surface area contributed by atoms with E-state index in [0.717, 1.165) is 16.5 Å². The molecule has 0 fully saturated rings. The number of rotatable bonds is 6. The maximum absolute atomic E-state index is 12.7. The first-order chi connectivity index (χ1) is 12.2. The third-order valence-corrected chi connectivity index (χ3v) is 3.81. The van der Waals surface area contributed by atoms with E-state index >= 15 is 0 Å². The minimum atomic E-state index is -0.561. The molecule has 0 spiro atoms. The van der Waals surface area contributed by atoms with E-state index < -0.39 is 6.67 Å². The Morgan fingerprint density at radius 1 is 1.00 bits per heavy atom. The number of hydrogen-bond acceptors (Lipinski definition) is 3. The van der Waals surface area contributed by atoms with Crippen molar-refractivity contribution in [3.8, 4) is 11.5 Å². The number of benzene rings is 3. The van der Waals surface area contributed by atoms with E-state index in [1.165, 1.54) is 0 Å². The largest absolute Gasteiger partial charge is 0.497 e. The van der Waals surface area contributed by atoms with E-state index in [9.17, 15) is 9.18 Å². The third kappa shape index (κ3) is 3.71. The molecular weight excluding hydrogens is 321 g/mol. The number of carbonyl (C=O) groups is 1. The monoisotopic (exact) mass is 339 g/mol. The number of alkyl halides is 1. The molecule has 0 heterocycles. The fraction of sp³-hybridized carbons (Fsp3) is 0.150. The highest BCUT2D eigenvalue weighted by molar-refractivity contribution is 6.13. The van der Waals surface area contributed by atoms with E-state index in [0.29, 0.717) is 17.0 Å². The molecule has 1 N–H and O–H groups in total. The van der Waals surface area contributed by atoms with Crippen LogP contribution in [-0.2, 0) is 0 Å². The summed E-state index contributed by atoms with van der Waals surface area (Å²) in [5.74, 6) is 1.06. The molecule has 0 aliphatic carbocycles. The molecule has 25 heavy (non-hydrogen) atoms. The van der Waals surface area contributed by atoms with Gasteiger partial charge < -0.3 is 14.8 Å². The highest BCUT2D eigenvalue weighted by Gasteiger charge is 2.13. The summed E-state index contributed by atoms with van der Waals surface area (Å²) in [5, 5.41) is 4.40. The molecule has 3 aromatic carbocycles. The molecule has 0 saturated carbocycles. The van der Waals surface area contributed by atoms with Crippen LogP contribution in [0.2, 0.25) is 0 Å². The molecule has 4 nitrogen and oxygen atoms in total. The van der Waals surface area contributed by atoms with Gasteiger partial charge in [-0.3, -0.25) is 4.79 Å². The third-order valence-electron chi connectivity index (χ3n) is 3.81. The zero-order chi connectivity index (χ0) is 17.6. The van der Waals surface area contributed by atoms with Gasteiger partial charge in [0.2, 0.25) is 0 Å². The number of fused-ring (bicyclic) bond motifs is 1. The maximum atomic E-state index is 12.7. The standard InChI is InChI=1S/C20H18FNO3/c1-24-15-8-6-14(7-9-15)22-20(23)18-10-11-19(25-13-12-21)17-5-3-2-4-16(17)18/h2-11H,12-13H2,1H3,(H,22,23). The van der Waals surface area contributed by atoms with Crippen LogP contribution in [0.15, 0.2) is 60.7 Å². The smallest absolute Gasteiger partial charge is 0.256 e. The molecular formula is C20H18FNO3. The molecule has 0 unspecified atom stereocenters. The van der Waals surface area contributed by atoms with E-state index in [1.54, 1.807) is 43.5 Å². The Morgan fingerprint density at radius 2 is 1.72 bits per heavy atom. The van der Waals surface area contributed by atoms with Crippen LogP contribution in [0.25, 0.3) is 10.8 Å². The second kappa shape index (κ2) is 7.66. The van der Waals surface area contributed by atoms with Crippen LogP contribution in [0.4, 0.5) is 10.1 Å². The van der Waals surface area contributed by atoms with Crippen LogP contribution < -0.4 is 14.8 Å². The second-order valence-corrected chi connectivity index (χ2v) is 5.38.